The predicted octanol–water partition coefficient (Wildman–Crippen LogP) is 2.75. The van der Waals surface area contributed by atoms with E-state index in [4.69, 9.17) is 5.11 Å². The second kappa shape index (κ2) is 5.65. The molecular weight excluding hydrogens is 250 g/mol. The highest BCUT2D eigenvalue weighted by atomic mass is 32.1. The largest absolute Gasteiger partial charge is 0.480 e. The Kier molecular flexibility index (Phi) is 4.67. The van der Waals surface area contributed by atoms with Crippen molar-refractivity contribution in [3.63, 3.8) is 0 Å². The molecule has 0 unspecified atom stereocenters. The molecule has 0 aromatic carbocycles. The van der Waals surface area contributed by atoms with Crippen molar-refractivity contribution >= 4 is 22.4 Å². The SMILES string of the molecule is CC(C)C[C@@H](Nc1nnc(C(C)(C)C)s1)C(=O)O. The fraction of sp³-hybridized carbons (Fsp3) is 0.750. The molecular formula is C12H21N3O2S. The summed E-state index contributed by atoms with van der Waals surface area (Å²) >= 11 is 1.42. The fourth-order valence-corrected chi connectivity index (χ4v) is 2.28. The van der Waals surface area contributed by atoms with Crippen molar-refractivity contribution in [3.05, 3.63) is 5.01 Å². The van der Waals surface area contributed by atoms with Crippen molar-refractivity contribution in [1.82, 2.24) is 10.2 Å². The Bertz CT molecular complexity index is 410. The van der Waals surface area contributed by atoms with Gasteiger partial charge >= 0.3 is 5.97 Å². The van der Waals surface area contributed by atoms with E-state index in [0.29, 0.717) is 17.5 Å². The van der Waals surface area contributed by atoms with Crippen molar-refractivity contribution in [1.29, 1.82) is 0 Å². The van der Waals surface area contributed by atoms with E-state index in [1.165, 1.54) is 11.3 Å². The first-order valence-electron chi connectivity index (χ1n) is 6.03. The Hall–Kier alpha value is -1.17. The average Bonchev–Trinajstić information content (AvgIpc) is 2.63. The van der Waals surface area contributed by atoms with Crippen LogP contribution in [0.4, 0.5) is 5.13 Å². The third-order valence-corrected chi connectivity index (χ3v) is 3.65. The molecule has 2 N–H and O–H groups in total. The molecule has 1 aromatic heterocycles. The van der Waals surface area contributed by atoms with Gasteiger partial charge in [-0.1, -0.05) is 46.0 Å². The van der Waals surface area contributed by atoms with Gasteiger partial charge in [0.15, 0.2) is 0 Å². The van der Waals surface area contributed by atoms with Crippen LogP contribution < -0.4 is 5.32 Å². The number of nitrogens with one attached hydrogen (secondary N) is 1. The zero-order valence-corrected chi connectivity index (χ0v) is 12.3. The Morgan fingerprint density at radius 1 is 1.39 bits per heavy atom. The highest BCUT2D eigenvalue weighted by molar-refractivity contribution is 7.15. The van der Waals surface area contributed by atoms with Crippen molar-refractivity contribution in [2.45, 2.75) is 52.5 Å². The van der Waals surface area contributed by atoms with E-state index in [-0.39, 0.29) is 5.41 Å². The first kappa shape index (κ1) is 14.9. The average molecular weight is 271 g/mol. The number of carboxylic acids is 1. The van der Waals surface area contributed by atoms with Crippen LogP contribution in [0.2, 0.25) is 0 Å². The molecule has 0 saturated carbocycles. The molecule has 5 nitrogen and oxygen atoms in total. The summed E-state index contributed by atoms with van der Waals surface area (Å²) in [5, 5.41) is 21.7. The Morgan fingerprint density at radius 2 is 2.00 bits per heavy atom. The maximum absolute atomic E-state index is 11.1. The van der Waals surface area contributed by atoms with Crippen LogP contribution in [0.1, 0.15) is 46.0 Å². The van der Waals surface area contributed by atoms with Gasteiger partial charge in [0.05, 0.1) is 0 Å². The summed E-state index contributed by atoms with van der Waals surface area (Å²) < 4.78 is 0. The number of aromatic nitrogens is 2. The molecule has 1 aromatic rings. The molecule has 0 aliphatic rings. The molecule has 0 fully saturated rings. The molecule has 1 atom stereocenters. The minimum absolute atomic E-state index is 0.0611. The van der Waals surface area contributed by atoms with Gasteiger partial charge in [0, 0.05) is 5.41 Å². The van der Waals surface area contributed by atoms with Crippen LogP contribution >= 0.6 is 11.3 Å². The molecule has 6 heteroatoms. The Morgan fingerprint density at radius 3 is 2.39 bits per heavy atom. The summed E-state index contributed by atoms with van der Waals surface area (Å²) in [7, 11) is 0. The Balaban J connectivity index is 2.76. The summed E-state index contributed by atoms with van der Waals surface area (Å²) in [6.07, 6.45) is 0.569. The topological polar surface area (TPSA) is 75.1 Å². The number of carboxylic acid groups (broad SMARTS) is 1. The lowest BCUT2D eigenvalue weighted by Crippen LogP contribution is -2.30. The molecule has 102 valence electrons. The Labute approximate surface area is 112 Å². The molecule has 18 heavy (non-hydrogen) atoms. The molecule has 0 aliphatic heterocycles. The van der Waals surface area contributed by atoms with Gasteiger partial charge in [-0.2, -0.15) is 0 Å². The van der Waals surface area contributed by atoms with Crippen LogP contribution in [0.25, 0.3) is 0 Å². The van der Waals surface area contributed by atoms with Gasteiger partial charge in [0.2, 0.25) is 5.13 Å². The van der Waals surface area contributed by atoms with Crippen LogP contribution in [0.3, 0.4) is 0 Å². The van der Waals surface area contributed by atoms with Crippen LogP contribution in [-0.2, 0) is 10.2 Å². The maximum Gasteiger partial charge on any atom is 0.326 e. The molecule has 0 spiro atoms. The predicted molar refractivity (Wildman–Crippen MR) is 73.1 cm³/mol. The number of carbonyl (C=O) groups is 1. The van der Waals surface area contributed by atoms with Gasteiger partial charge < -0.3 is 10.4 Å². The minimum atomic E-state index is -0.851. The second-order valence-corrected chi connectivity index (χ2v) is 6.80. The molecule has 0 amide bonds. The lowest BCUT2D eigenvalue weighted by Gasteiger charge is -2.15. The third-order valence-electron chi connectivity index (χ3n) is 2.37. The van der Waals surface area contributed by atoms with Gasteiger partial charge in [-0.15, -0.1) is 10.2 Å². The standard InChI is InChI=1S/C12H21N3O2S/c1-7(2)6-8(9(16)17)13-11-15-14-10(18-11)12(3,4)5/h7-8H,6H2,1-5H3,(H,13,15)(H,16,17)/t8-/m1/s1. The van der Waals surface area contributed by atoms with Crippen LogP contribution in [0, 0.1) is 5.92 Å². The summed E-state index contributed by atoms with van der Waals surface area (Å²) in [6.45, 7) is 10.2. The van der Waals surface area contributed by atoms with Crippen molar-refractivity contribution in [2.24, 2.45) is 5.92 Å². The quantitative estimate of drug-likeness (QED) is 0.861. The van der Waals surface area contributed by atoms with Gasteiger partial charge in [-0.25, -0.2) is 4.79 Å². The van der Waals surface area contributed by atoms with Gasteiger partial charge in [0.1, 0.15) is 11.0 Å². The number of hydrogen-bond acceptors (Lipinski definition) is 5. The lowest BCUT2D eigenvalue weighted by molar-refractivity contribution is -0.138. The summed E-state index contributed by atoms with van der Waals surface area (Å²) in [4.78, 5) is 11.1. The van der Waals surface area contributed by atoms with E-state index in [0.717, 1.165) is 5.01 Å². The van der Waals surface area contributed by atoms with Gasteiger partial charge in [-0.3, -0.25) is 0 Å². The van der Waals surface area contributed by atoms with Gasteiger partial charge in [-0.05, 0) is 12.3 Å². The van der Waals surface area contributed by atoms with E-state index in [1.54, 1.807) is 0 Å². The zero-order chi connectivity index (χ0) is 13.9. The number of nitrogens with zero attached hydrogens (tertiary/aromatic N) is 2. The number of aliphatic carboxylic acids is 1. The van der Waals surface area contributed by atoms with Crippen molar-refractivity contribution in [2.75, 3.05) is 5.32 Å². The normalized spacial score (nSPS) is 13.7. The van der Waals surface area contributed by atoms with E-state index < -0.39 is 12.0 Å². The first-order valence-corrected chi connectivity index (χ1v) is 6.85. The van der Waals surface area contributed by atoms with Crippen molar-refractivity contribution < 1.29 is 9.90 Å². The fourth-order valence-electron chi connectivity index (χ4n) is 1.43. The highest BCUT2D eigenvalue weighted by Gasteiger charge is 2.23. The second-order valence-electron chi connectivity index (χ2n) is 5.83. The van der Waals surface area contributed by atoms with E-state index >= 15 is 0 Å². The summed E-state index contributed by atoms with van der Waals surface area (Å²) in [5.41, 5.74) is -0.0611. The van der Waals surface area contributed by atoms with Crippen LogP contribution in [-0.4, -0.2) is 27.3 Å². The monoisotopic (exact) mass is 271 g/mol. The first-order chi connectivity index (χ1) is 8.20. The minimum Gasteiger partial charge on any atom is -0.480 e. The zero-order valence-electron chi connectivity index (χ0n) is 11.5. The smallest absolute Gasteiger partial charge is 0.326 e. The number of anilines is 1. The van der Waals surface area contributed by atoms with Crippen LogP contribution in [0.15, 0.2) is 0 Å². The summed E-state index contributed by atoms with van der Waals surface area (Å²) in [6, 6.07) is -0.606. The molecule has 0 saturated heterocycles. The summed E-state index contributed by atoms with van der Waals surface area (Å²) in [5.74, 6) is -0.537. The van der Waals surface area contributed by atoms with Crippen molar-refractivity contribution in [3.8, 4) is 0 Å². The van der Waals surface area contributed by atoms with Crippen LogP contribution in [0.5, 0.6) is 0 Å². The molecule has 1 rings (SSSR count). The van der Waals surface area contributed by atoms with E-state index in [2.05, 4.69) is 36.3 Å². The molecule has 0 bridgehead atoms. The maximum atomic E-state index is 11.1. The lowest BCUT2D eigenvalue weighted by atomic mass is 9.98. The highest BCUT2D eigenvalue weighted by Crippen LogP contribution is 2.28. The molecule has 0 aliphatic carbocycles. The molecule has 1 heterocycles. The van der Waals surface area contributed by atoms with Gasteiger partial charge in [0.25, 0.3) is 0 Å². The molecule has 0 radical (unpaired) electrons. The van der Waals surface area contributed by atoms with E-state index in [1.807, 2.05) is 13.8 Å². The van der Waals surface area contributed by atoms with E-state index in [9.17, 15) is 4.79 Å². The number of hydrogen-bond donors (Lipinski definition) is 2. The number of rotatable bonds is 5. The third kappa shape index (κ3) is 4.25.